The van der Waals surface area contributed by atoms with E-state index < -0.39 is 0 Å². The summed E-state index contributed by atoms with van der Waals surface area (Å²) in [6, 6.07) is 12.2. The lowest BCUT2D eigenvalue weighted by molar-refractivity contribution is -0.132. The van der Waals surface area contributed by atoms with Gasteiger partial charge in [0.25, 0.3) is 5.56 Å². The van der Waals surface area contributed by atoms with Crippen LogP contribution in [0.25, 0.3) is 10.8 Å². The van der Waals surface area contributed by atoms with Gasteiger partial charge in [-0.3, -0.25) is 14.5 Å². The van der Waals surface area contributed by atoms with E-state index in [0.717, 1.165) is 10.9 Å². The zero-order valence-electron chi connectivity index (χ0n) is 17.7. The minimum Gasteiger partial charge on any atom is -0.494 e. The molecule has 0 N–H and O–H groups in total. The Morgan fingerprint density at radius 2 is 1.81 bits per heavy atom. The first-order chi connectivity index (χ1) is 15.0. The molecule has 0 atom stereocenters. The number of carbonyl (C=O) groups excluding carboxylic acids is 1. The lowest BCUT2D eigenvalue weighted by Gasteiger charge is -2.34. The number of ether oxygens (including phenoxy) is 1. The molecule has 1 fully saturated rings. The van der Waals surface area contributed by atoms with Gasteiger partial charge in [-0.05, 0) is 23.8 Å². The summed E-state index contributed by atoms with van der Waals surface area (Å²) in [6.07, 6.45) is 0.151. The Morgan fingerprint density at radius 1 is 1.10 bits per heavy atom. The molecule has 4 rings (SSSR count). The summed E-state index contributed by atoms with van der Waals surface area (Å²) in [5, 5.41) is 5.62. The van der Waals surface area contributed by atoms with Crippen LogP contribution in [0.3, 0.4) is 0 Å². The summed E-state index contributed by atoms with van der Waals surface area (Å²) in [6.45, 7) is 3.24. The number of carbonyl (C=O) groups is 1. The highest BCUT2D eigenvalue weighted by Crippen LogP contribution is 2.20. The molecule has 162 valence electrons. The van der Waals surface area contributed by atoms with Crippen molar-refractivity contribution in [3.63, 3.8) is 0 Å². The van der Waals surface area contributed by atoms with Crippen molar-refractivity contribution >= 4 is 16.7 Å². The number of halogens is 1. The SMILES string of the molecule is COc1ccc(CN2CCN(C(=O)Cc3nn(C)c(=O)c4ccccc34)CC2)cc1F. The Labute approximate surface area is 179 Å². The molecule has 3 aromatic rings. The van der Waals surface area contributed by atoms with Crippen molar-refractivity contribution in [2.45, 2.75) is 13.0 Å². The normalized spacial score (nSPS) is 14.7. The molecule has 0 unspecified atom stereocenters. The van der Waals surface area contributed by atoms with Gasteiger partial charge in [0, 0.05) is 45.2 Å². The lowest BCUT2D eigenvalue weighted by atomic mass is 10.1. The molecule has 0 saturated carbocycles. The second-order valence-corrected chi connectivity index (χ2v) is 7.72. The standard InChI is InChI=1S/C23H25FN4O3/c1-26-23(30)18-6-4-3-5-17(18)20(25-26)14-22(29)28-11-9-27(10-12-28)15-16-7-8-21(31-2)19(24)13-16/h3-8,13H,9-12,14-15H2,1-2H3. The number of fused-ring (bicyclic) bond motifs is 1. The summed E-state index contributed by atoms with van der Waals surface area (Å²) in [4.78, 5) is 29.2. The third kappa shape index (κ3) is 4.44. The fraction of sp³-hybridized carbons (Fsp3) is 0.348. The van der Waals surface area contributed by atoms with Gasteiger partial charge in [-0.2, -0.15) is 5.10 Å². The summed E-state index contributed by atoms with van der Waals surface area (Å²) in [5.41, 5.74) is 1.31. The summed E-state index contributed by atoms with van der Waals surface area (Å²) in [7, 11) is 3.05. The zero-order chi connectivity index (χ0) is 22.0. The smallest absolute Gasteiger partial charge is 0.274 e. The molecule has 2 heterocycles. The van der Waals surface area contributed by atoms with Crippen LogP contribution in [0.2, 0.25) is 0 Å². The molecule has 7 nitrogen and oxygen atoms in total. The first-order valence-corrected chi connectivity index (χ1v) is 10.2. The van der Waals surface area contributed by atoms with Crippen LogP contribution in [-0.4, -0.2) is 58.8 Å². The maximum atomic E-state index is 13.9. The van der Waals surface area contributed by atoms with Crippen molar-refractivity contribution in [1.82, 2.24) is 19.6 Å². The Morgan fingerprint density at radius 3 is 2.48 bits per heavy atom. The van der Waals surface area contributed by atoms with Gasteiger partial charge in [0.1, 0.15) is 0 Å². The number of aromatic nitrogens is 2. The van der Waals surface area contributed by atoms with Gasteiger partial charge in [-0.25, -0.2) is 9.07 Å². The summed E-state index contributed by atoms with van der Waals surface area (Å²) < 4.78 is 20.2. The maximum Gasteiger partial charge on any atom is 0.274 e. The fourth-order valence-electron chi connectivity index (χ4n) is 3.98. The van der Waals surface area contributed by atoms with Gasteiger partial charge >= 0.3 is 0 Å². The molecule has 0 bridgehead atoms. The Hall–Kier alpha value is -3.26. The van der Waals surface area contributed by atoms with E-state index in [2.05, 4.69) is 10.00 Å². The molecule has 1 amide bonds. The Kier molecular flexibility index (Phi) is 5.99. The highest BCUT2D eigenvalue weighted by molar-refractivity contribution is 5.88. The van der Waals surface area contributed by atoms with Crippen molar-refractivity contribution in [2.75, 3.05) is 33.3 Å². The van der Waals surface area contributed by atoms with Gasteiger partial charge in [-0.15, -0.1) is 0 Å². The number of hydrogen-bond donors (Lipinski definition) is 0. The van der Waals surface area contributed by atoms with Crippen LogP contribution in [0.1, 0.15) is 11.3 Å². The van der Waals surface area contributed by atoms with Crippen LogP contribution in [-0.2, 0) is 24.8 Å². The fourth-order valence-corrected chi connectivity index (χ4v) is 3.98. The number of rotatable bonds is 5. The molecular weight excluding hydrogens is 399 g/mol. The predicted molar refractivity (Wildman–Crippen MR) is 115 cm³/mol. The van der Waals surface area contributed by atoms with Crippen molar-refractivity contribution < 1.29 is 13.9 Å². The van der Waals surface area contributed by atoms with Gasteiger partial charge in [0.15, 0.2) is 11.6 Å². The molecule has 0 radical (unpaired) electrons. The molecule has 1 saturated heterocycles. The molecule has 0 spiro atoms. The predicted octanol–water partition coefficient (Wildman–Crippen LogP) is 1.97. The van der Waals surface area contributed by atoms with E-state index in [1.807, 2.05) is 29.2 Å². The van der Waals surface area contributed by atoms with Crippen LogP contribution < -0.4 is 10.3 Å². The number of aryl methyl sites for hydroxylation is 1. The second-order valence-electron chi connectivity index (χ2n) is 7.72. The highest BCUT2D eigenvalue weighted by Gasteiger charge is 2.23. The number of amides is 1. The number of hydrogen-bond acceptors (Lipinski definition) is 5. The third-order valence-corrected chi connectivity index (χ3v) is 5.70. The van der Waals surface area contributed by atoms with Crippen molar-refractivity contribution in [1.29, 1.82) is 0 Å². The van der Waals surface area contributed by atoms with E-state index in [0.29, 0.717) is 43.8 Å². The minimum atomic E-state index is -0.370. The van der Waals surface area contributed by atoms with E-state index in [1.165, 1.54) is 17.9 Å². The minimum absolute atomic E-state index is 0.00792. The Bertz CT molecular complexity index is 1170. The first-order valence-electron chi connectivity index (χ1n) is 10.2. The average molecular weight is 424 g/mol. The number of benzene rings is 2. The lowest BCUT2D eigenvalue weighted by Crippen LogP contribution is -2.48. The quantitative estimate of drug-likeness (QED) is 0.627. The van der Waals surface area contributed by atoms with E-state index in [1.54, 1.807) is 19.2 Å². The van der Waals surface area contributed by atoms with E-state index in [-0.39, 0.29) is 29.5 Å². The van der Waals surface area contributed by atoms with Gasteiger partial charge < -0.3 is 9.64 Å². The molecule has 1 aliphatic rings. The molecule has 31 heavy (non-hydrogen) atoms. The third-order valence-electron chi connectivity index (χ3n) is 5.70. The van der Waals surface area contributed by atoms with Gasteiger partial charge in [-0.1, -0.05) is 24.3 Å². The average Bonchev–Trinajstić information content (AvgIpc) is 2.78. The van der Waals surface area contributed by atoms with Crippen LogP contribution in [0, 0.1) is 5.82 Å². The largest absolute Gasteiger partial charge is 0.494 e. The number of piperazine rings is 1. The van der Waals surface area contributed by atoms with E-state index >= 15 is 0 Å². The molecule has 2 aromatic carbocycles. The molecule has 0 aliphatic carbocycles. The van der Waals surface area contributed by atoms with Crippen LogP contribution in [0.4, 0.5) is 4.39 Å². The van der Waals surface area contributed by atoms with Crippen LogP contribution in [0.5, 0.6) is 5.75 Å². The van der Waals surface area contributed by atoms with Gasteiger partial charge in [0.05, 0.1) is 24.6 Å². The van der Waals surface area contributed by atoms with Crippen molar-refractivity contribution in [2.24, 2.45) is 7.05 Å². The molecule has 1 aliphatic heterocycles. The summed E-state index contributed by atoms with van der Waals surface area (Å²) >= 11 is 0. The number of methoxy groups -OCH3 is 1. The first kappa shape index (κ1) is 21.0. The molecule has 8 heteroatoms. The zero-order valence-corrected chi connectivity index (χ0v) is 17.7. The van der Waals surface area contributed by atoms with E-state index in [9.17, 15) is 14.0 Å². The second kappa shape index (κ2) is 8.85. The summed E-state index contributed by atoms with van der Waals surface area (Å²) in [5.74, 6) is -0.143. The van der Waals surface area contributed by atoms with Crippen molar-refractivity contribution in [3.05, 3.63) is 69.9 Å². The van der Waals surface area contributed by atoms with Crippen molar-refractivity contribution in [3.8, 4) is 5.75 Å². The highest BCUT2D eigenvalue weighted by atomic mass is 19.1. The molecule has 1 aromatic heterocycles. The number of nitrogens with zero attached hydrogens (tertiary/aromatic N) is 4. The van der Waals surface area contributed by atoms with Crippen LogP contribution >= 0.6 is 0 Å². The Balaban J connectivity index is 1.39. The van der Waals surface area contributed by atoms with E-state index in [4.69, 9.17) is 4.74 Å². The maximum absolute atomic E-state index is 13.9. The molecular formula is C23H25FN4O3. The monoisotopic (exact) mass is 424 g/mol. The van der Waals surface area contributed by atoms with Gasteiger partial charge in [0.2, 0.25) is 5.91 Å². The topological polar surface area (TPSA) is 67.7 Å². The van der Waals surface area contributed by atoms with Crippen LogP contribution in [0.15, 0.2) is 47.3 Å².